The van der Waals surface area contributed by atoms with Crippen molar-refractivity contribution in [3.05, 3.63) is 64.0 Å². The predicted molar refractivity (Wildman–Crippen MR) is 90.8 cm³/mol. The molecule has 2 aromatic carbocycles. The average Bonchev–Trinajstić information content (AvgIpc) is 2.83. The van der Waals surface area contributed by atoms with Crippen LogP contribution in [0.4, 0.5) is 10.5 Å². The highest BCUT2D eigenvalue weighted by Gasteiger charge is 2.23. The number of hydrogen-bond acceptors (Lipinski definition) is 4. The number of nitrogens with one attached hydrogen (secondary N) is 1. The maximum atomic E-state index is 11.6. The number of aliphatic imine (C=N–C) groups is 1. The summed E-state index contributed by atoms with van der Waals surface area (Å²) in [5, 5.41) is 13.0. The number of carbonyl (C=O) groups is 1. The zero-order valence-corrected chi connectivity index (χ0v) is 12.9. The Labute approximate surface area is 136 Å². The van der Waals surface area contributed by atoms with E-state index in [1.165, 1.54) is 0 Å². The van der Waals surface area contributed by atoms with Crippen molar-refractivity contribution in [2.24, 2.45) is 4.99 Å². The molecule has 0 bridgehead atoms. The smallest absolute Gasteiger partial charge is 0.289 e. The van der Waals surface area contributed by atoms with Gasteiger partial charge in [0.15, 0.2) is 0 Å². The summed E-state index contributed by atoms with van der Waals surface area (Å²) in [7, 11) is 0. The number of hydrogen-bond donors (Lipinski definition) is 2. The molecule has 3 rings (SSSR count). The fraction of sp³-hybridized carbons (Fsp3) is 0. The largest absolute Gasteiger partial charge is 0.507 e. The highest BCUT2D eigenvalue weighted by atomic mass is 35.5. The van der Waals surface area contributed by atoms with Crippen molar-refractivity contribution in [1.82, 2.24) is 5.32 Å². The molecular weight excluding hydrogens is 320 g/mol. The lowest BCUT2D eigenvalue weighted by molar-refractivity contribution is 0.265. The second kappa shape index (κ2) is 6.25. The Kier molecular flexibility index (Phi) is 4.18. The molecule has 6 heteroatoms. The number of halogens is 1. The SMILES string of the molecule is O=C1NC(=Nc2ccc(Cl)cc2)/C(=C/c2ccccc2O)S1. The molecule has 0 aromatic heterocycles. The van der Waals surface area contributed by atoms with Crippen LogP contribution in [0, 0.1) is 0 Å². The molecule has 22 heavy (non-hydrogen) atoms. The van der Waals surface area contributed by atoms with E-state index >= 15 is 0 Å². The number of benzene rings is 2. The van der Waals surface area contributed by atoms with Crippen LogP contribution in [-0.2, 0) is 0 Å². The summed E-state index contributed by atoms with van der Waals surface area (Å²) in [6.07, 6.45) is 1.73. The summed E-state index contributed by atoms with van der Waals surface area (Å²) in [6, 6.07) is 13.9. The van der Waals surface area contributed by atoms with Gasteiger partial charge in [0.25, 0.3) is 5.24 Å². The van der Waals surface area contributed by atoms with Crippen molar-refractivity contribution >= 4 is 46.2 Å². The van der Waals surface area contributed by atoms with Crippen molar-refractivity contribution < 1.29 is 9.90 Å². The zero-order chi connectivity index (χ0) is 15.5. The van der Waals surface area contributed by atoms with E-state index in [-0.39, 0.29) is 11.0 Å². The van der Waals surface area contributed by atoms with Gasteiger partial charge in [-0.15, -0.1) is 0 Å². The minimum absolute atomic E-state index is 0.154. The molecule has 1 saturated heterocycles. The van der Waals surface area contributed by atoms with E-state index in [9.17, 15) is 9.90 Å². The van der Waals surface area contributed by atoms with Crippen LogP contribution in [0.3, 0.4) is 0 Å². The predicted octanol–water partition coefficient (Wildman–Crippen LogP) is 4.57. The molecule has 0 unspecified atom stereocenters. The molecule has 1 heterocycles. The fourth-order valence-electron chi connectivity index (χ4n) is 1.91. The van der Waals surface area contributed by atoms with Crippen LogP contribution in [0.5, 0.6) is 5.75 Å². The van der Waals surface area contributed by atoms with Gasteiger partial charge in [-0.3, -0.25) is 4.79 Å². The van der Waals surface area contributed by atoms with Gasteiger partial charge in [0.05, 0.1) is 10.6 Å². The van der Waals surface area contributed by atoms with Crippen molar-refractivity contribution in [3.63, 3.8) is 0 Å². The van der Waals surface area contributed by atoms with Crippen LogP contribution in [0.25, 0.3) is 6.08 Å². The van der Waals surface area contributed by atoms with Gasteiger partial charge in [-0.25, -0.2) is 4.99 Å². The van der Waals surface area contributed by atoms with Crippen molar-refractivity contribution in [2.75, 3.05) is 0 Å². The van der Waals surface area contributed by atoms with Crippen LogP contribution in [0.15, 0.2) is 58.4 Å². The maximum Gasteiger partial charge on any atom is 0.289 e. The molecular formula is C16H11ClN2O2S. The second-order valence-electron chi connectivity index (χ2n) is 4.52. The molecule has 2 N–H and O–H groups in total. The van der Waals surface area contributed by atoms with Crippen LogP contribution in [0.1, 0.15) is 5.56 Å². The molecule has 1 amide bonds. The molecule has 0 atom stereocenters. The number of phenolic OH excluding ortho intramolecular Hbond substituents is 1. The summed E-state index contributed by atoms with van der Waals surface area (Å²) >= 11 is 6.89. The van der Waals surface area contributed by atoms with E-state index in [4.69, 9.17) is 11.6 Å². The number of thioether (sulfide) groups is 1. The summed E-state index contributed by atoms with van der Waals surface area (Å²) < 4.78 is 0. The van der Waals surface area contributed by atoms with Crippen LogP contribution < -0.4 is 5.32 Å². The summed E-state index contributed by atoms with van der Waals surface area (Å²) in [6.45, 7) is 0. The third kappa shape index (κ3) is 3.32. The third-order valence-corrected chi connectivity index (χ3v) is 4.02. The van der Waals surface area contributed by atoms with E-state index < -0.39 is 0 Å². The number of amidine groups is 1. The van der Waals surface area contributed by atoms with Crippen molar-refractivity contribution in [2.45, 2.75) is 0 Å². The Balaban J connectivity index is 1.97. The van der Waals surface area contributed by atoms with Gasteiger partial charge in [-0.1, -0.05) is 29.8 Å². The van der Waals surface area contributed by atoms with E-state index in [2.05, 4.69) is 10.3 Å². The first-order valence-corrected chi connectivity index (χ1v) is 7.64. The molecule has 0 aliphatic carbocycles. The Morgan fingerprint density at radius 3 is 2.59 bits per heavy atom. The zero-order valence-electron chi connectivity index (χ0n) is 11.3. The van der Waals surface area contributed by atoms with Crippen molar-refractivity contribution in [3.8, 4) is 5.75 Å². The molecule has 110 valence electrons. The Morgan fingerprint density at radius 1 is 1.14 bits per heavy atom. The molecule has 1 aliphatic rings. The normalized spacial score (nSPS) is 18.0. The number of para-hydroxylation sites is 1. The molecule has 1 fully saturated rings. The number of carbonyl (C=O) groups excluding carboxylic acids is 1. The Hall–Kier alpha value is -2.24. The first kappa shape index (κ1) is 14.7. The second-order valence-corrected chi connectivity index (χ2v) is 5.97. The quantitative estimate of drug-likeness (QED) is 0.847. The Morgan fingerprint density at radius 2 is 1.86 bits per heavy atom. The van der Waals surface area contributed by atoms with Gasteiger partial charge in [0, 0.05) is 10.6 Å². The number of rotatable bonds is 2. The number of phenols is 1. The highest BCUT2D eigenvalue weighted by Crippen LogP contribution is 2.30. The molecule has 2 aromatic rings. The molecule has 0 radical (unpaired) electrons. The lowest BCUT2D eigenvalue weighted by Gasteiger charge is -2.01. The number of aromatic hydroxyl groups is 1. The van der Waals surface area contributed by atoms with E-state index in [1.54, 1.807) is 48.5 Å². The summed E-state index contributed by atoms with van der Waals surface area (Å²) in [4.78, 5) is 16.7. The monoisotopic (exact) mass is 330 g/mol. The van der Waals surface area contributed by atoms with Crippen LogP contribution in [-0.4, -0.2) is 16.2 Å². The highest BCUT2D eigenvalue weighted by molar-refractivity contribution is 8.18. The summed E-state index contributed by atoms with van der Waals surface area (Å²) in [5.74, 6) is 0.612. The molecule has 1 aliphatic heterocycles. The van der Waals surface area contributed by atoms with Gasteiger partial charge < -0.3 is 10.4 Å². The van der Waals surface area contributed by atoms with E-state index in [0.29, 0.717) is 27.0 Å². The topological polar surface area (TPSA) is 61.7 Å². The fourth-order valence-corrected chi connectivity index (χ4v) is 2.76. The molecule has 0 spiro atoms. The first-order valence-electron chi connectivity index (χ1n) is 6.45. The third-order valence-electron chi connectivity index (χ3n) is 2.95. The van der Waals surface area contributed by atoms with Gasteiger partial charge in [-0.2, -0.15) is 0 Å². The average molecular weight is 331 g/mol. The molecule has 0 saturated carbocycles. The standard InChI is InChI=1S/C16H11ClN2O2S/c17-11-5-7-12(8-6-11)18-15-14(22-16(21)19-15)9-10-3-1-2-4-13(10)20/h1-9,20H,(H,18,19,21)/b14-9-. The maximum absolute atomic E-state index is 11.6. The van der Waals surface area contributed by atoms with E-state index in [0.717, 1.165) is 11.8 Å². The molecule has 4 nitrogen and oxygen atoms in total. The summed E-state index contributed by atoms with van der Waals surface area (Å²) in [5.41, 5.74) is 1.32. The minimum Gasteiger partial charge on any atom is -0.507 e. The number of nitrogens with zero attached hydrogens (tertiary/aromatic N) is 1. The van der Waals surface area contributed by atoms with Gasteiger partial charge >= 0.3 is 0 Å². The minimum atomic E-state index is -0.200. The van der Waals surface area contributed by atoms with Gasteiger partial charge in [0.1, 0.15) is 11.6 Å². The Bertz CT molecular complexity index is 785. The van der Waals surface area contributed by atoms with Gasteiger partial charge in [-0.05, 0) is 48.2 Å². The van der Waals surface area contributed by atoms with E-state index in [1.807, 2.05) is 6.07 Å². The van der Waals surface area contributed by atoms with Gasteiger partial charge in [0.2, 0.25) is 0 Å². The number of amides is 1. The lowest BCUT2D eigenvalue weighted by Crippen LogP contribution is -2.18. The first-order chi connectivity index (χ1) is 10.6. The van der Waals surface area contributed by atoms with Crippen LogP contribution in [0.2, 0.25) is 5.02 Å². The van der Waals surface area contributed by atoms with Crippen molar-refractivity contribution in [1.29, 1.82) is 0 Å². The van der Waals surface area contributed by atoms with Crippen LogP contribution >= 0.6 is 23.4 Å². The lowest BCUT2D eigenvalue weighted by atomic mass is 10.2.